The van der Waals surface area contributed by atoms with Gasteiger partial charge in [-0.05, 0) is 30.7 Å². The number of para-hydroxylation sites is 1. The summed E-state index contributed by atoms with van der Waals surface area (Å²) < 4.78 is 9.64. The van der Waals surface area contributed by atoms with Gasteiger partial charge in [-0.3, -0.25) is 9.59 Å². The van der Waals surface area contributed by atoms with Crippen molar-refractivity contribution in [2.45, 2.75) is 12.8 Å². The highest BCUT2D eigenvalue weighted by Gasteiger charge is 2.13. The molecule has 1 heterocycles. The highest BCUT2D eigenvalue weighted by molar-refractivity contribution is 6.01. The van der Waals surface area contributed by atoms with E-state index in [1.54, 1.807) is 36.4 Å². The molecule has 2 aromatic rings. The molecule has 0 fully saturated rings. The molecule has 0 bridgehead atoms. The van der Waals surface area contributed by atoms with Crippen molar-refractivity contribution in [1.29, 1.82) is 0 Å². The average Bonchev–Trinajstić information content (AvgIpc) is 3.13. The number of furan rings is 1. The van der Waals surface area contributed by atoms with Crippen molar-refractivity contribution in [3.63, 3.8) is 0 Å². The summed E-state index contributed by atoms with van der Waals surface area (Å²) in [6.07, 6.45) is 2.08. The van der Waals surface area contributed by atoms with E-state index in [9.17, 15) is 14.4 Å². The van der Waals surface area contributed by atoms with E-state index in [0.29, 0.717) is 24.2 Å². The zero-order valence-corrected chi connectivity index (χ0v) is 13.2. The first kappa shape index (κ1) is 17.3. The molecule has 2 rings (SSSR count). The standard InChI is InChI=1S/C17H18N2O5/c1-23-17(22)12-6-2-3-7-13(12)19-15(20)9-4-10-18-16(21)14-8-5-11-24-14/h2-3,5-8,11H,4,9-10H2,1H3,(H,18,21)(H,19,20). The first-order chi connectivity index (χ1) is 11.6. The van der Waals surface area contributed by atoms with Crippen molar-refractivity contribution in [1.82, 2.24) is 5.32 Å². The second kappa shape index (κ2) is 8.52. The van der Waals surface area contributed by atoms with Crippen molar-refractivity contribution >= 4 is 23.5 Å². The smallest absolute Gasteiger partial charge is 0.339 e. The number of carbonyl (C=O) groups is 3. The van der Waals surface area contributed by atoms with Crippen molar-refractivity contribution in [2.75, 3.05) is 19.0 Å². The number of hydrogen-bond donors (Lipinski definition) is 2. The number of hydrogen-bond acceptors (Lipinski definition) is 5. The van der Waals surface area contributed by atoms with Crippen LogP contribution < -0.4 is 10.6 Å². The molecule has 0 saturated carbocycles. The Balaban J connectivity index is 1.78. The summed E-state index contributed by atoms with van der Waals surface area (Å²) in [5, 5.41) is 5.33. The Morgan fingerprint density at radius 1 is 1.12 bits per heavy atom. The Hall–Kier alpha value is -3.09. The minimum atomic E-state index is -0.517. The van der Waals surface area contributed by atoms with Gasteiger partial charge in [0.25, 0.3) is 5.91 Å². The van der Waals surface area contributed by atoms with E-state index in [1.807, 2.05) is 0 Å². The maximum atomic E-state index is 12.0. The van der Waals surface area contributed by atoms with Crippen molar-refractivity contribution in [3.8, 4) is 0 Å². The van der Waals surface area contributed by atoms with Crippen LogP contribution in [0.2, 0.25) is 0 Å². The fourth-order valence-electron chi connectivity index (χ4n) is 2.04. The summed E-state index contributed by atoms with van der Waals surface area (Å²) >= 11 is 0. The predicted octanol–water partition coefficient (Wildman–Crippen LogP) is 2.21. The lowest BCUT2D eigenvalue weighted by atomic mass is 10.1. The molecule has 0 aliphatic rings. The third-order valence-corrected chi connectivity index (χ3v) is 3.22. The van der Waals surface area contributed by atoms with Gasteiger partial charge in [-0.15, -0.1) is 0 Å². The van der Waals surface area contributed by atoms with Crippen LogP contribution in [0.5, 0.6) is 0 Å². The van der Waals surface area contributed by atoms with Gasteiger partial charge in [0.1, 0.15) is 0 Å². The summed E-state index contributed by atoms with van der Waals surface area (Å²) in [4.78, 5) is 35.2. The van der Waals surface area contributed by atoms with Crippen LogP contribution in [0, 0.1) is 0 Å². The molecule has 0 aliphatic heterocycles. The highest BCUT2D eigenvalue weighted by atomic mass is 16.5. The number of nitrogens with one attached hydrogen (secondary N) is 2. The van der Waals surface area contributed by atoms with Gasteiger partial charge in [-0.25, -0.2) is 4.79 Å². The van der Waals surface area contributed by atoms with Crippen LogP contribution in [0.1, 0.15) is 33.8 Å². The maximum absolute atomic E-state index is 12.0. The fourth-order valence-corrected chi connectivity index (χ4v) is 2.04. The first-order valence-corrected chi connectivity index (χ1v) is 7.40. The highest BCUT2D eigenvalue weighted by Crippen LogP contribution is 2.16. The van der Waals surface area contributed by atoms with Crippen LogP contribution in [0.25, 0.3) is 0 Å². The van der Waals surface area contributed by atoms with Crippen LogP contribution in [0.3, 0.4) is 0 Å². The molecule has 7 nitrogen and oxygen atoms in total. The van der Waals surface area contributed by atoms with E-state index in [0.717, 1.165) is 0 Å². The van der Waals surface area contributed by atoms with Crippen LogP contribution in [-0.4, -0.2) is 31.4 Å². The van der Waals surface area contributed by atoms with Gasteiger partial charge in [0, 0.05) is 13.0 Å². The van der Waals surface area contributed by atoms with E-state index in [1.165, 1.54) is 13.4 Å². The molecule has 0 saturated heterocycles. The van der Waals surface area contributed by atoms with Gasteiger partial charge in [-0.2, -0.15) is 0 Å². The second-order valence-electron chi connectivity index (χ2n) is 4.92. The molecule has 7 heteroatoms. The molecule has 0 atom stereocenters. The van der Waals surface area contributed by atoms with Gasteiger partial charge in [-0.1, -0.05) is 12.1 Å². The van der Waals surface area contributed by atoms with E-state index in [2.05, 4.69) is 15.4 Å². The van der Waals surface area contributed by atoms with Crippen molar-refractivity contribution < 1.29 is 23.5 Å². The van der Waals surface area contributed by atoms with E-state index in [4.69, 9.17) is 4.42 Å². The molecule has 0 aliphatic carbocycles. The third kappa shape index (κ3) is 4.70. The van der Waals surface area contributed by atoms with Crippen LogP contribution in [0.15, 0.2) is 47.1 Å². The van der Waals surface area contributed by atoms with Gasteiger partial charge >= 0.3 is 5.97 Å². The minimum Gasteiger partial charge on any atom is -0.465 e. The van der Waals surface area contributed by atoms with Gasteiger partial charge < -0.3 is 19.8 Å². The maximum Gasteiger partial charge on any atom is 0.339 e. The zero-order chi connectivity index (χ0) is 17.4. The fraction of sp³-hybridized carbons (Fsp3) is 0.235. The molecule has 126 valence electrons. The lowest BCUT2D eigenvalue weighted by Gasteiger charge is -2.09. The number of esters is 1. The summed E-state index contributed by atoms with van der Waals surface area (Å²) in [5.74, 6) is -0.863. The Bertz CT molecular complexity index is 710. The Kier molecular flexibility index (Phi) is 6.13. The normalized spacial score (nSPS) is 10.0. The van der Waals surface area contributed by atoms with Crippen molar-refractivity contribution in [2.24, 2.45) is 0 Å². The molecule has 24 heavy (non-hydrogen) atoms. The van der Waals surface area contributed by atoms with Crippen LogP contribution in [-0.2, 0) is 9.53 Å². The number of methoxy groups -OCH3 is 1. The van der Waals surface area contributed by atoms with E-state index in [-0.39, 0.29) is 24.0 Å². The molecule has 0 radical (unpaired) electrons. The van der Waals surface area contributed by atoms with Gasteiger partial charge in [0.2, 0.25) is 5.91 Å². The molecule has 0 unspecified atom stereocenters. The lowest BCUT2D eigenvalue weighted by Crippen LogP contribution is -2.25. The number of ether oxygens (including phenoxy) is 1. The lowest BCUT2D eigenvalue weighted by molar-refractivity contribution is -0.116. The Morgan fingerprint density at radius 2 is 1.92 bits per heavy atom. The second-order valence-corrected chi connectivity index (χ2v) is 4.92. The molecule has 1 aromatic heterocycles. The Labute approximate surface area is 139 Å². The predicted molar refractivity (Wildman–Crippen MR) is 86.7 cm³/mol. The zero-order valence-electron chi connectivity index (χ0n) is 13.2. The molecule has 0 spiro atoms. The monoisotopic (exact) mass is 330 g/mol. The summed E-state index contributed by atoms with van der Waals surface area (Å²) in [6, 6.07) is 9.79. The largest absolute Gasteiger partial charge is 0.465 e. The molecule has 2 amide bonds. The molecular weight excluding hydrogens is 312 g/mol. The summed E-state index contributed by atoms with van der Waals surface area (Å²) in [6.45, 7) is 0.339. The number of benzene rings is 1. The summed E-state index contributed by atoms with van der Waals surface area (Å²) in [7, 11) is 1.28. The molecule has 2 N–H and O–H groups in total. The van der Waals surface area contributed by atoms with Crippen LogP contribution >= 0.6 is 0 Å². The number of rotatable bonds is 7. The van der Waals surface area contributed by atoms with E-state index >= 15 is 0 Å². The first-order valence-electron chi connectivity index (χ1n) is 7.40. The van der Waals surface area contributed by atoms with Gasteiger partial charge in [0.15, 0.2) is 5.76 Å². The van der Waals surface area contributed by atoms with Gasteiger partial charge in [0.05, 0.1) is 24.6 Å². The molecule has 1 aromatic carbocycles. The average molecular weight is 330 g/mol. The topological polar surface area (TPSA) is 97.6 Å². The summed E-state index contributed by atoms with van der Waals surface area (Å²) in [5.41, 5.74) is 0.688. The minimum absolute atomic E-state index is 0.202. The molecular formula is C17H18N2O5. The van der Waals surface area contributed by atoms with Crippen molar-refractivity contribution in [3.05, 3.63) is 54.0 Å². The number of carbonyl (C=O) groups excluding carboxylic acids is 3. The quantitative estimate of drug-likeness (QED) is 0.599. The number of amides is 2. The SMILES string of the molecule is COC(=O)c1ccccc1NC(=O)CCCNC(=O)c1ccco1. The van der Waals surface area contributed by atoms with Crippen LogP contribution in [0.4, 0.5) is 5.69 Å². The van der Waals surface area contributed by atoms with E-state index < -0.39 is 5.97 Å². The Morgan fingerprint density at radius 3 is 2.62 bits per heavy atom. The number of anilines is 1. The third-order valence-electron chi connectivity index (χ3n) is 3.22.